The molecule has 8 bridgehead atoms. The molecule has 18 nitrogen and oxygen atoms in total. The fourth-order valence-corrected chi connectivity index (χ4v) is 11.8. The Balaban J connectivity index is 1.98. The number of aliphatic imine (C=N–C) groups is 2. The molecule has 5 heterocycles. The molecule has 0 radical (unpaired) electrons. The van der Waals surface area contributed by atoms with Gasteiger partial charge in [-0.1, -0.05) is 27.7 Å². The average molecular weight is 869 g/mol. The summed E-state index contributed by atoms with van der Waals surface area (Å²) < 4.78 is 0. The summed E-state index contributed by atoms with van der Waals surface area (Å²) in [5, 5.41) is 78.4. The van der Waals surface area contributed by atoms with Crippen LogP contribution in [0.25, 0.3) is 0 Å². The molecule has 340 valence electrons. The zero-order chi connectivity index (χ0) is 46.4. The Kier molecular flexibility index (Phi) is 13.4. The fraction of sp³-hybridized carbons (Fsp3) is 0.659. The van der Waals surface area contributed by atoms with Gasteiger partial charge in [0.05, 0.1) is 24.8 Å². The van der Waals surface area contributed by atoms with E-state index in [1.165, 1.54) is 0 Å². The lowest BCUT2D eigenvalue weighted by molar-refractivity contribution is -0.143. The molecule has 5 aliphatic heterocycles. The molecule has 0 spiro atoms. The third-order valence-corrected chi connectivity index (χ3v) is 15.1. The van der Waals surface area contributed by atoms with Crippen LogP contribution in [0.3, 0.4) is 0 Å². The smallest absolute Gasteiger partial charge is 0.304 e. The van der Waals surface area contributed by atoms with E-state index >= 15 is 0 Å². The summed E-state index contributed by atoms with van der Waals surface area (Å²) >= 11 is 0. The van der Waals surface area contributed by atoms with Crippen molar-refractivity contribution in [2.24, 2.45) is 55.8 Å². The van der Waals surface area contributed by atoms with Crippen LogP contribution in [0.15, 0.2) is 44.3 Å². The maximum atomic E-state index is 13.0. The summed E-state index contributed by atoms with van der Waals surface area (Å²) in [4.78, 5) is 97.9. The van der Waals surface area contributed by atoms with Gasteiger partial charge in [-0.15, -0.1) is 0 Å². The number of aliphatic carboxylic acids is 7. The molecular weight excluding hydrogens is 808 g/mol. The number of carbonyl (C=O) groups is 7. The quantitative estimate of drug-likeness (QED) is 0.0871. The molecule has 0 aliphatic carbocycles. The monoisotopic (exact) mass is 868 g/mol. The highest BCUT2D eigenvalue weighted by Crippen LogP contribution is 2.60. The first kappa shape index (κ1) is 47.7. The molecule has 0 amide bonds. The first-order valence-corrected chi connectivity index (χ1v) is 21.1. The summed E-state index contributed by atoms with van der Waals surface area (Å²) in [7, 11) is 0. The molecule has 0 aromatic carbocycles. The van der Waals surface area contributed by atoms with Crippen LogP contribution in [0, 0.1) is 45.8 Å². The Morgan fingerprint density at radius 2 is 1.16 bits per heavy atom. The Bertz CT molecular complexity index is 2100. The number of carboxylic acid groups (broad SMARTS) is 7. The zero-order valence-electron chi connectivity index (χ0n) is 36.3. The summed E-state index contributed by atoms with van der Waals surface area (Å²) in [5.74, 6) is -11.8. The van der Waals surface area contributed by atoms with E-state index in [0.717, 1.165) is 0 Å². The van der Waals surface area contributed by atoms with Crippen LogP contribution >= 0.6 is 0 Å². The lowest BCUT2D eigenvalue weighted by Crippen LogP contribution is -2.58. The van der Waals surface area contributed by atoms with Gasteiger partial charge in [0.2, 0.25) is 0 Å². The number of nitrogens with one attached hydrogen (secondary N) is 2. The molecule has 18 heteroatoms. The third kappa shape index (κ3) is 8.66. The lowest BCUT2D eigenvalue weighted by Gasteiger charge is -2.47. The zero-order valence-corrected chi connectivity index (χ0v) is 36.3. The van der Waals surface area contributed by atoms with Gasteiger partial charge in [-0.25, -0.2) is 0 Å². The van der Waals surface area contributed by atoms with Gasteiger partial charge >= 0.3 is 41.8 Å². The normalized spacial score (nSPS) is 36.6. The number of hydrogen-bond donors (Lipinski definition) is 9. The van der Waals surface area contributed by atoms with Crippen LogP contribution in [0.1, 0.15) is 119 Å². The second kappa shape index (κ2) is 17.4. The minimum Gasteiger partial charge on any atom is -0.481 e. The van der Waals surface area contributed by atoms with Crippen molar-refractivity contribution in [1.82, 2.24) is 10.6 Å². The molecule has 2 saturated heterocycles. The van der Waals surface area contributed by atoms with Gasteiger partial charge in [0.15, 0.2) is 0 Å². The van der Waals surface area contributed by atoms with Crippen LogP contribution < -0.4 is 10.6 Å². The number of carboxylic acids is 7. The fourth-order valence-electron chi connectivity index (χ4n) is 11.8. The van der Waals surface area contributed by atoms with E-state index in [9.17, 15) is 69.3 Å². The van der Waals surface area contributed by atoms with Crippen molar-refractivity contribution in [3.8, 4) is 0 Å². The SMILES string of the molecule is C/C1=C2/N/C(=C\C3=NC(=C(/C)C4NC([C@H](CC(=O)O)[C@H]4CCC(=O)O)[C@@]4(C)N=C1[C@@H](CCC(=O)O)[C@]4(C)CC(=O)O)/[C@@H](CCC(=O)O)C3(C)C)[C@@H](CCC(=O)O)[C@]2(C)CC(=O)O. The highest BCUT2D eigenvalue weighted by molar-refractivity contribution is 6.06. The van der Waals surface area contributed by atoms with Gasteiger partial charge in [0.25, 0.3) is 0 Å². The molecule has 0 saturated carbocycles. The second-order valence-electron chi connectivity index (χ2n) is 19.1. The molecule has 10 atom stereocenters. The molecule has 0 aromatic heterocycles. The predicted octanol–water partition coefficient (Wildman–Crippen LogP) is 5.05. The topological polar surface area (TPSA) is 310 Å². The van der Waals surface area contributed by atoms with Crippen LogP contribution in [-0.2, 0) is 33.6 Å². The van der Waals surface area contributed by atoms with Gasteiger partial charge < -0.3 is 46.4 Å². The molecule has 0 aromatic rings. The van der Waals surface area contributed by atoms with Crippen molar-refractivity contribution < 1.29 is 69.3 Å². The molecule has 9 N–H and O–H groups in total. The Morgan fingerprint density at radius 3 is 1.68 bits per heavy atom. The molecule has 5 aliphatic rings. The van der Waals surface area contributed by atoms with E-state index in [-0.39, 0.29) is 44.9 Å². The van der Waals surface area contributed by atoms with Crippen LogP contribution in [0.5, 0.6) is 0 Å². The number of fused-ring (bicyclic) bond motifs is 7. The second-order valence-corrected chi connectivity index (χ2v) is 19.1. The van der Waals surface area contributed by atoms with Gasteiger partial charge in [0, 0.05) is 100 Å². The van der Waals surface area contributed by atoms with E-state index in [1.807, 2.05) is 13.8 Å². The largest absolute Gasteiger partial charge is 0.481 e. The minimum atomic E-state index is -1.53. The highest BCUT2D eigenvalue weighted by Gasteiger charge is 2.65. The molecule has 62 heavy (non-hydrogen) atoms. The minimum absolute atomic E-state index is 0.00636. The Hall–Kier alpha value is -5.39. The molecule has 2 unspecified atom stereocenters. The van der Waals surface area contributed by atoms with Crippen LogP contribution in [0.4, 0.5) is 0 Å². The van der Waals surface area contributed by atoms with Crippen molar-refractivity contribution in [1.29, 1.82) is 0 Å². The first-order chi connectivity index (χ1) is 28.7. The number of nitrogens with zero attached hydrogens (tertiary/aromatic N) is 2. The number of hydrogen-bond acceptors (Lipinski definition) is 11. The third-order valence-electron chi connectivity index (χ3n) is 15.1. The summed E-state index contributed by atoms with van der Waals surface area (Å²) in [6.45, 7) is 12.4. The Labute approximate surface area is 359 Å². The van der Waals surface area contributed by atoms with Crippen molar-refractivity contribution >= 4 is 53.2 Å². The van der Waals surface area contributed by atoms with Crippen molar-refractivity contribution in [3.05, 3.63) is 34.3 Å². The molecule has 5 rings (SSSR count). The summed E-state index contributed by atoms with van der Waals surface area (Å²) in [6.07, 6.45) is -1.01. The maximum absolute atomic E-state index is 13.0. The molecule has 2 fully saturated rings. The first-order valence-electron chi connectivity index (χ1n) is 21.1. The van der Waals surface area contributed by atoms with E-state index in [2.05, 4.69) is 10.6 Å². The predicted molar refractivity (Wildman–Crippen MR) is 222 cm³/mol. The average Bonchev–Trinajstić information content (AvgIpc) is 3.77. The van der Waals surface area contributed by atoms with Crippen molar-refractivity contribution in [3.63, 3.8) is 0 Å². The van der Waals surface area contributed by atoms with Crippen molar-refractivity contribution in [2.75, 3.05) is 0 Å². The summed E-state index contributed by atoms with van der Waals surface area (Å²) in [5.41, 5.74) is -2.04. The van der Waals surface area contributed by atoms with E-state index in [1.54, 1.807) is 40.7 Å². The van der Waals surface area contributed by atoms with Gasteiger partial charge in [-0.2, -0.15) is 0 Å². The number of allylic oxidation sites excluding steroid dienone is 5. The lowest BCUT2D eigenvalue weighted by atomic mass is 9.57. The van der Waals surface area contributed by atoms with Gasteiger partial charge in [0.1, 0.15) is 0 Å². The van der Waals surface area contributed by atoms with E-state index < -0.39 is 131 Å². The van der Waals surface area contributed by atoms with Gasteiger partial charge in [-0.3, -0.25) is 43.5 Å². The van der Waals surface area contributed by atoms with Crippen LogP contribution in [0.2, 0.25) is 0 Å². The standard InChI is InChI=1S/C44H60N4O14/c1-20-36-22(8-12-29(49)50)23(16-33(57)58)40(47-36)44(7)43(6,19-35(61)62)26(11-15-32(55)56)38(48-44)21(2)39-42(5,18-34(59)60)24(9-13-30(51)52)27(45-39)17-28-41(3,4)25(37(20)46-28)10-14-31(53)54/h17,22-26,36,40,45,47H,8-16,18-19H2,1-7H3,(H,49,50)(H,51,52)(H,53,54)(H,55,56)(H,57,58)(H,59,60)(H,61,62)/b27-17-,37-20-,39-21-/t22-,23-,24-,25-,26-,36?,40?,42+,43+,44-/m1/s1. The number of rotatable bonds is 18. The van der Waals surface area contributed by atoms with E-state index in [0.29, 0.717) is 39.7 Å². The van der Waals surface area contributed by atoms with Crippen molar-refractivity contribution in [2.45, 2.75) is 137 Å². The van der Waals surface area contributed by atoms with E-state index in [4.69, 9.17) is 9.98 Å². The molecular formula is C44H60N4O14. The maximum Gasteiger partial charge on any atom is 0.304 e. The highest BCUT2D eigenvalue weighted by atomic mass is 16.4. The van der Waals surface area contributed by atoms with Crippen LogP contribution in [-0.4, -0.2) is 107 Å². The Morgan fingerprint density at radius 1 is 0.645 bits per heavy atom. The summed E-state index contributed by atoms with van der Waals surface area (Å²) in [6, 6.07) is -1.70. The van der Waals surface area contributed by atoms with Gasteiger partial charge in [-0.05, 0) is 75.5 Å².